The maximum Gasteiger partial charge on any atom is 0.261 e. The van der Waals surface area contributed by atoms with Crippen molar-refractivity contribution in [2.45, 2.75) is 31.3 Å². The number of nitrogens with one attached hydrogen (secondary N) is 1. The van der Waals surface area contributed by atoms with Gasteiger partial charge >= 0.3 is 0 Å². The fourth-order valence-corrected chi connectivity index (χ4v) is 3.59. The molecule has 2 heterocycles. The first-order chi connectivity index (χ1) is 12.1. The van der Waals surface area contributed by atoms with E-state index in [-0.39, 0.29) is 17.4 Å². The highest BCUT2D eigenvalue weighted by Gasteiger charge is 2.34. The molecule has 7 heteroatoms. The molecular formula is C18H19N3O3S. The lowest BCUT2D eigenvalue weighted by Crippen LogP contribution is -2.31. The van der Waals surface area contributed by atoms with Crippen molar-refractivity contribution >= 4 is 23.6 Å². The predicted molar refractivity (Wildman–Crippen MR) is 96.0 cm³/mol. The molecule has 1 aromatic carbocycles. The number of aryl methyl sites for hydroxylation is 1. The molecular weight excluding hydrogens is 338 g/mol. The van der Waals surface area contributed by atoms with Gasteiger partial charge in [0.2, 0.25) is 0 Å². The fraction of sp³-hybridized carbons (Fsp3) is 0.333. The predicted octanol–water partition coefficient (Wildman–Crippen LogP) is 2.50. The molecule has 0 bridgehead atoms. The van der Waals surface area contributed by atoms with E-state index in [1.807, 2.05) is 6.92 Å². The highest BCUT2D eigenvalue weighted by molar-refractivity contribution is 7.99. The van der Waals surface area contributed by atoms with Crippen molar-refractivity contribution in [2.24, 2.45) is 0 Å². The van der Waals surface area contributed by atoms with Gasteiger partial charge in [-0.3, -0.25) is 19.3 Å². The van der Waals surface area contributed by atoms with E-state index in [0.29, 0.717) is 35.0 Å². The van der Waals surface area contributed by atoms with Gasteiger partial charge in [0.15, 0.2) is 5.16 Å². The third-order valence-electron chi connectivity index (χ3n) is 3.92. The second-order valence-electron chi connectivity index (χ2n) is 5.80. The van der Waals surface area contributed by atoms with E-state index in [9.17, 15) is 14.4 Å². The highest BCUT2D eigenvalue weighted by atomic mass is 32.2. The van der Waals surface area contributed by atoms with Crippen LogP contribution in [0, 0.1) is 0 Å². The monoisotopic (exact) mass is 357 g/mol. The average molecular weight is 357 g/mol. The number of hydrogen-bond acceptors (Lipinski definition) is 5. The fourth-order valence-electron chi connectivity index (χ4n) is 2.77. The Bertz CT molecular complexity index is 828. The summed E-state index contributed by atoms with van der Waals surface area (Å²) in [5, 5.41) is 0.582. The number of fused-ring (bicyclic) bond motifs is 1. The van der Waals surface area contributed by atoms with Crippen LogP contribution in [-0.4, -0.2) is 39.0 Å². The number of amides is 2. The highest BCUT2D eigenvalue weighted by Crippen LogP contribution is 2.23. The van der Waals surface area contributed by atoms with Gasteiger partial charge in [-0.25, -0.2) is 4.98 Å². The number of imide groups is 1. The van der Waals surface area contributed by atoms with Gasteiger partial charge in [-0.1, -0.05) is 37.2 Å². The Balaban J connectivity index is 1.55. The van der Waals surface area contributed by atoms with E-state index < -0.39 is 0 Å². The third-order valence-corrected chi connectivity index (χ3v) is 4.88. The minimum atomic E-state index is -0.234. The van der Waals surface area contributed by atoms with E-state index >= 15 is 0 Å². The molecule has 1 N–H and O–H groups in total. The largest absolute Gasteiger partial charge is 0.301 e. The van der Waals surface area contributed by atoms with Crippen LogP contribution in [0.3, 0.4) is 0 Å². The molecule has 0 unspecified atom stereocenters. The molecule has 1 aliphatic heterocycles. The zero-order valence-electron chi connectivity index (χ0n) is 13.9. The summed E-state index contributed by atoms with van der Waals surface area (Å²) in [4.78, 5) is 44.6. The van der Waals surface area contributed by atoms with E-state index in [0.717, 1.165) is 18.5 Å². The van der Waals surface area contributed by atoms with Crippen molar-refractivity contribution in [3.63, 3.8) is 0 Å². The van der Waals surface area contributed by atoms with Gasteiger partial charge in [0, 0.05) is 24.1 Å². The van der Waals surface area contributed by atoms with Crippen molar-refractivity contribution in [3.8, 4) is 0 Å². The number of rotatable bonds is 7. The topological polar surface area (TPSA) is 83.1 Å². The van der Waals surface area contributed by atoms with Crippen LogP contribution in [0.5, 0.6) is 0 Å². The summed E-state index contributed by atoms with van der Waals surface area (Å²) in [7, 11) is 0. The number of carbonyl (C=O) groups excluding carboxylic acids is 2. The van der Waals surface area contributed by atoms with Gasteiger partial charge < -0.3 is 4.98 Å². The molecule has 130 valence electrons. The number of H-pyrrole nitrogens is 1. The maximum atomic E-state index is 12.3. The van der Waals surface area contributed by atoms with Crippen molar-refractivity contribution in [1.82, 2.24) is 14.9 Å². The van der Waals surface area contributed by atoms with E-state index in [4.69, 9.17) is 0 Å². The third kappa shape index (κ3) is 3.82. The van der Waals surface area contributed by atoms with E-state index in [1.54, 1.807) is 24.3 Å². The van der Waals surface area contributed by atoms with E-state index in [2.05, 4.69) is 9.97 Å². The second kappa shape index (κ2) is 7.65. The minimum absolute atomic E-state index is 0.152. The summed E-state index contributed by atoms with van der Waals surface area (Å²) in [5.41, 5.74) is 1.58. The van der Waals surface area contributed by atoms with Crippen LogP contribution in [0.4, 0.5) is 0 Å². The zero-order valence-corrected chi connectivity index (χ0v) is 14.8. The Hall–Kier alpha value is -2.41. The van der Waals surface area contributed by atoms with E-state index in [1.165, 1.54) is 22.7 Å². The second-order valence-corrected chi connectivity index (χ2v) is 6.89. The minimum Gasteiger partial charge on any atom is -0.301 e. The van der Waals surface area contributed by atoms with Crippen LogP contribution in [0.25, 0.3) is 0 Å². The number of benzene rings is 1. The normalized spacial score (nSPS) is 13.4. The number of thioether (sulfide) groups is 1. The Morgan fingerprint density at radius 1 is 1.12 bits per heavy atom. The molecule has 1 aliphatic rings. The number of carbonyl (C=O) groups is 2. The Morgan fingerprint density at radius 3 is 2.44 bits per heavy atom. The Labute approximate surface area is 149 Å². The molecule has 25 heavy (non-hydrogen) atoms. The molecule has 0 saturated heterocycles. The van der Waals surface area contributed by atoms with Gasteiger partial charge in [0.1, 0.15) is 0 Å². The molecule has 3 rings (SSSR count). The van der Waals surface area contributed by atoms with Gasteiger partial charge in [-0.15, -0.1) is 0 Å². The van der Waals surface area contributed by atoms with Crippen molar-refractivity contribution in [2.75, 3.05) is 12.3 Å². The standard InChI is InChI=1S/C18H19N3O3S/c1-2-6-12-11-15(22)20-18(19-12)25-10-5-9-21-16(23)13-7-3-4-8-14(13)17(21)24/h3-4,7-8,11H,2,5-6,9-10H2,1H3,(H,19,20,22). The summed E-state index contributed by atoms with van der Waals surface area (Å²) < 4.78 is 0. The molecule has 6 nitrogen and oxygen atoms in total. The van der Waals surface area contributed by atoms with Crippen LogP contribution in [0.1, 0.15) is 46.2 Å². The summed E-state index contributed by atoms with van der Waals surface area (Å²) in [6.45, 7) is 2.40. The molecule has 1 aromatic heterocycles. The quantitative estimate of drug-likeness (QED) is 0.356. The van der Waals surface area contributed by atoms with Gasteiger partial charge in [-0.05, 0) is 25.0 Å². The van der Waals surface area contributed by atoms with Crippen LogP contribution < -0.4 is 5.56 Å². The SMILES string of the molecule is CCCc1cc(=O)[nH]c(SCCCN2C(=O)c3ccccc3C2=O)n1. The smallest absolute Gasteiger partial charge is 0.261 e. The van der Waals surface area contributed by atoms with Crippen molar-refractivity contribution in [1.29, 1.82) is 0 Å². The van der Waals surface area contributed by atoms with Crippen molar-refractivity contribution in [3.05, 3.63) is 57.5 Å². The summed E-state index contributed by atoms with van der Waals surface area (Å²) >= 11 is 1.43. The summed E-state index contributed by atoms with van der Waals surface area (Å²) in [6, 6.07) is 8.39. The lowest BCUT2D eigenvalue weighted by atomic mass is 10.1. The molecule has 0 aliphatic carbocycles. The molecule has 2 amide bonds. The average Bonchev–Trinajstić information content (AvgIpc) is 2.83. The summed E-state index contributed by atoms with van der Waals surface area (Å²) in [5.74, 6) is 0.190. The number of aromatic nitrogens is 2. The Morgan fingerprint density at radius 2 is 1.80 bits per heavy atom. The molecule has 0 saturated carbocycles. The Kier molecular flexibility index (Phi) is 5.33. The van der Waals surface area contributed by atoms with Crippen LogP contribution in [0.15, 0.2) is 40.3 Å². The molecule has 0 atom stereocenters. The van der Waals surface area contributed by atoms with Crippen LogP contribution >= 0.6 is 11.8 Å². The van der Waals surface area contributed by atoms with Gasteiger partial charge in [-0.2, -0.15) is 0 Å². The molecule has 0 radical (unpaired) electrons. The lowest BCUT2D eigenvalue weighted by Gasteiger charge is -2.13. The number of aromatic amines is 1. The number of nitrogens with zero attached hydrogens (tertiary/aromatic N) is 2. The first-order valence-electron chi connectivity index (χ1n) is 8.28. The zero-order chi connectivity index (χ0) is 17.8. The molecule has 0 fully saturated rings. The molecule has 2 aromatic rings. The van der Waals surface area contributed by atoms with Gasteiger partial charge in [0.05, 0.1) is 11.1 Å². The van der Waals surface area contributed by atoms with Crippen LogP contribution in [0.2, 0.25) is 0 Å². The van der Waals surface area contributed by atoms with Gasteiger partial charge in [0.25, 0.3) is 17.4 Å². The summed E-state index contributed by atoms with van der Waals surface area (Å²) in [6.07, 6.45) is 2.34. The first-order valence-corrected chi connectivity index (χ1v) is 9.27. The number of hydrogen-bond donors (Lipinski definition) is 1. The molecule has 0 spiro atoms. The van der Waals surface area contributed by atoms with Crippen molar-refractivity contribution < 1.29 is 9.59 Å². The van der Waals surface area contributed by atoms with Crippen LogP contribution in [-0.2, 0) is 6.42 Å². The maximum absolute atomic E-state index is 12.3. The lowest BCUT2D eigenvalue weighted by molar-refractivity contribution is 0.0655. The first kappa shape index (κ1) is 17.4.